The van der Waals surface area contributed by atoms with Gasteiger partial charge >= 0.3 is 0 Å². The zero-order chi connectivity index (χ0) is 16.2. The lowest BCUT2D eigenvalue weighted by Gasteiger charge is -2.34. The van der Waals surface area contributed by atoms with E-state index < -0.39 is 0 Å². The normalized spacial score (nSPS) is 15.6. The molecule has 1 aliphatic heterocycles. The van der Waals surface area contributed by atoms with Crippen LogP contribution in [0, 0.1) is 6.92 Å². The van der Waals surface area contributed by atoms with E-state index in [0.29, 0.717) is 11.3 Å². The van der Waals surface area contributed by atoms with Crippen molar-refractivity contribution in [2.24, 2.45) is 0 Å². The Bertz CT molecular complexity index is 676. The van der Waals surface area contributed by atoms with E-state index in [1.54, 1.807) is 6.07 Å². The van der Waals surface area contributed by atoms with Crippen molar-refractivity contribution in [1.29, 1.82) is 0 Å². The van der Waals surface area contributed by atoms with Crippen LogP contribution < -0.4 is 5.73 Å². The maximum absolute atomic E-state index is 12.6. The van der Waals surface area contributed by atoms with Crippen molar-refractivity contribution in [1.82, 2.24) is 9.80 Å². The molecule has 1 fully saturated rings. The van der Waals surface area contributed by atoms with Gasteiger partial charge in [0.1, 0.15) is 0 Å². The minimum absolute atomic E-state index is 0.0797. The lowest BCUT2D eigenvalue weighted by Crippen LogP contribution is -2.48. The molecule has 1 saturated heterocycles. The summed E-state index contributed by atoms with van der Waals surface area (Å²) >= 11 is 0. The zero-order valence-corrected chi connectivity index (χ0v) is 13.5. The Morgan fingerprint density at radius 2 is 1.74 bits per heavy atom. The van der Waals surface area contributed by atoms with Crippen molar-refractivity contribution < 1.29 is 4.79 Å². The van der Waals surface area contributed by atoms with Crippen LogP contribution in [0.3, 0.4) is 0 Å². The van der Waals surface area contributed by atoms with Crippen LogP contribution in [0.1, 0.15) is 21.5 Å². The first kappa shape index (κ1) is 15.6. The Hall–Kier alpha value is -2.33. The summed E-state index contributed by atoms with van der Waals surface area (Å²) in [7, 11) is 0. The van der Waals surface area contributed by atoms with Gasteiger partial charge < -0.3 is 10.6 Å². The molecule has 120 valence electrons. The molecule has 0 atom stereocenters. The van der Waals surface area contributed by atoms with Gasteiger partial charge in [-0.05, 0) is 30.2 Å². The first-order valence-corrected chi connectivity index (χ1v) is 8.05. The molecule has 23 heavy (non-hydrogen) atoms. The van der Waals surface area contributed by atoms with Gasteiger partial charge in [0.15, 0.2) is 0 Å². The fourth-order valence-electron chi connectivity index (χ4n) is 2.91. The van der Waals surface area contributed by atoms with E-state index in [1.807, 2.05) is 30.0 Å². The van der Waals surface area contributed by atoms with Crippen molar-refractivity contribution in [3.05, 3.63) is 65.2 Å². The number of carbonyl (C=O) groups excluding carboxylic acids is 1. The summed E-state index contributed by atoms with van der Waals surface area (Å²) in [5.41, 5.74) is 9.61. The average molecular weight is 309 g/mol. The summed E-state index contributed by atoms with van der Waals surface area (Å²) in [4.78, 5) is 16.9. The average Bonchev–Trinajstić information content (AvgIpc) is 2.58. The maximum Gasteiger partial charge on any atom is 0.254 e. The van der Waals surface area contributed by atoms with E-state index in [9.17, 15) is 4.79 Å². The molecule has 0 aliphatic carbocycles. The predicted octanol–water partition coefficient (Wildman–Crippen LogP) is 2.54. The van der Waals surface area contributed by atoms with Crippen molar-refractivity contribution in [2.45, 2.75) is 13.5 Å². The molecule has 2 N–H and O–H groups in total. The fraction of sp³-hybridized carbons (Fsp3) is 0.316. The van der Waals surface area contributed by atoms with Gasteiger partial charge in [0.2, 0.25) is 0 Å². The molecule has 0 bridgehead atoms. The van der Waals surface area contributed by atoms with Crippen molar-refractivity contribution in [3.63, 3.8) is 0 Å². The van der Waals surface area contributed by atoms with Gasteiger partial charge in [-0.2, -0.15) is 0 Å². The molecule has 0 radical (unpaired) electrons. The van der Waals surface area contributed by atoms with E-state index in [2.05, 4.69) is 29.2 Å². The molecule has 0 saturated carbocycles. The van der Waals surface area contributed by atoms with Crippen LogP contribution in [-0.2, 0) is 6.54 Å². The highest BCUT2D eigenvalue weighted by molar-refractivity contribution is 5.95. The third-order valence-electron chi connectivity index (χ3n) is 4.43. The number of anilines is 1. The first-order chi connectivity index (χ1) is 11.1. The Kier molecular flexibility index (Phi) is 4.63. The maximum atomic E-state index is 12.6. The smallest absolute Gasteiger partial charge is 0.254 e. The molecular weight excluding hydrogens is 286 g/mol. The zero-order valence-electron chi connectivity index (χ0n) is 13.5. The van der Waals surface area contributed by atoms with E-state index in [-0.39, 0.29) is 5.91 Å². The molecule has 2 aromatic carbocycles. The second-order valence-electron chi connectivity index (χ2n) is 6.13. The van der Waals surface area contributed by atoms with Gasteiger partial charge in [-0.1, -0.05) is 36.4 Å². The van der Waals surface area contributed by atoms with Crippen molar-refractivity contribution in [2.75, 3.05) is 31.9 Å². The van der Waals surface area contributed by atoms with E-state index in [0.717, 1.165) is 38.3 Å². The second kappa shape index (κ2) is 6.84. The Morgan fingerprint density at radius 1 is 1.04 bits per heavy atom. The number of nitrogens with two attached hydrogens (primary N) is 1. The summed E-state index contributed by atoms with van der Waals surface area (Å²) < 4.78 is 0. The Morgan fingerprint density at radius 3 is 2.39 bits per heavy atom. The number of carbonyl (C=O) groups is 1. The van der Waals surface area contributed by atoms with Crippen LogP contribution >= 0.6 is 0 Å². The van der Waals surface area contributed by atoms with Gasteiger partial charge in [0.25, 0.3) is 5.91 Å². The second-order valence-corrected chi connectivity index (χ2v) is 6.13. The highest BCUT2D eigenvalue weighted by atomic mass is 16.2. The van der Waals surface area contributed by atoms with Crippen LogP contribution in [0.4, 0.5) is 5.69 Å². The summed E-state index contributed by atoms with van der Waals surface area (Å²) in [6, 6.07) is 16.0. The Balaban J connectivity index is 1.58. The number of hydrogen-bond donors (Lipinski definition) is 1. The van der Waals surface area contributed by atoms with Crippen LogP contribution in [0.15, 0.2) is 48.5 Å². The number of aryl methyl sites for hydroxylation is 1. The number of rotatable bonds is 3. The van der Waals surface area contributed by atoms with Gasteiger partial charge in [0.05, 0.1) is 0 Å². The predicted molar refractivity (Wildman–Crippen MR) is 93.2 cm³/mol. The Labute approximate surface area is 137 Å². The first-order valence-electron chi connectivity index (χ1n) is 8.05. The molecule has 4 heteroatoms. The molecule has 4 nitrogen and oxygen atoms in total. The molecule has 1 aliphatic rings. The minimum atomic E-state index is 0.0797. The third kappa shape index (κ3) is 3.71. The molecule has 3 rings (SSSR count). The molecule has 1 heterocycles. The molecule has 2 aromatic rings. The van der Waals surface area contributed by atoms with Crippen molar-refractivity contribution >= 4 is 11.6 Å². The van der Waals surface area contributed by atoms with Gasteiger partial charge in [-0.3, -0.25) is 9.69 Å². The molecule has 0 aromatic heterocycles. The van der Waals surface area contributed by atoms with Crippen LogP contribution in [0.25, 0.3) is 0 Å². The van der Waals surface area contributed by atoms with Crippen LogP contribution in [0.2, 0.25) is 0 Å². The SMILES string of the molecule is Cc1ccc(C(=O)N2CCN(Cc3ccccc3)CC2)cc1N. The fourth-order valence-corrected chi connectivity index (χ4v) is 2.91. The summed E-state index contributed by atoms with van der Waals surface area (Å²) in [5, 5.41) is 0. The monoisotopic (exact) mass is 309 g/mol. The summed E-state index contributed by atoms with van der Waals surface area (Å²) in [6.45, 7) is 6.23. The molecular formula is C19H23N3O. The largest absolute Gasteiger partial charge is 0.398 e. The highest BCUT2D eigenvalue weighted by Crippen LogP contribution is 2.16. The van der Waals surface area contributed by atoms with Gasteiger partial charge in [-0.15, -0.1) is 0 Å². The number of piperazine rings is 1. The lowest BCUT2D eigenvalue weighted by atomic mass is 10.1. The molecule has 0 spiro atoms. The highest BCUT2D eigenvalue weighted by Gasteiger charge is 2.22. The number of nitrogens with zero attached hydrogens (tertiary/aromatic N) is 2. The van der Waals surface area contributed by atoms with Crippen molar-refractivity contribution in [3.8, 4) is 0 Å². The van der Waals surface area contributed by atoms with Crippen LogP contribution in [0.5, 0.6) is 0 Å². The number of hydrogen-bond acceptors (Lipinski definition) is 3. The number of nitrogen functional groups attached to an aromatic ring is 1. The standard InChI is InChI=1S/C19H23N3O/c1-15-7-8-17(13-18(15)20)19(23)22-11-9-21(10-12-22)14-16-5-3-2-4-6-16/h2-8,13H,9-12,14,20H2,1H3. The van der Waals surface area contributed by atoms with E-state index in [4.69, 9.17) is 5.73 Å². The lowest BCUT2D eigenvalue weighted by molar-refractivity contribution is 0.0628. The van der Waals surface area contributed by atoms with Gasteiger partial charge in [-0.25, -0.2) is 0 Å². The third-order valence-corrected chi connectivity index (χ3v) is 4.43. The summed E-state index contributed by atoms with van der Waals surface area (Å²) in [6.07, 6.45) is 0. The number of amides is 1. The van der Waals surface area contributed by atoms with Crippen LogP contribution in [-0.4, -0.2) is 41.9 Å². The molecule has 1 amide bonds. The summed E-state index contributed by atoms with van der Waals surface area (Å²) in [5.74, 6) is 0.0797. The number of benzene rings is 2. The van der Waals surface area contributed by atoms with E-state index >= 15 is 0 Å². The minimum Gasteiger partial charge on any atom is -0.398 e. The molecule has 0 unspecified atom stereocenters. The van der Waals surface area contributed by atoms with E-state index in [1.165, 1.54) is 5.56 Å². The van der Waals surface area contributed by atoms with Gasteiger partial charge in [0, 0.05) is 44.0 Å². The topological polar surface area (TPSA) is 49.6 Å². The quantitative estimate of drug-likeness (QED) is 0.887.